The van der Waals surface area contributed by atoms with Crippen LogP contribution in [0.25, 0.3) is 0 Å². The Morgan fingerprint density at radius 3 is 1.65 bits per heavy atom. The number of benzene rings is 3. The first-order valence-electron chi connectivity index (χ1n) is 7.92. The second-order valence-electron chi connectivity index (χ2n) is 5.72. The van der Waals surface area contributed by atoms with Crippen LogP contribution in [0.3, 0.4) is 0 Å². The van der Waals surface area contributed by atoms with Gasteiger partial charge in [-0.1, -0.05) is 91.0 Å². The maximum atomic E-state index is 9.84. The number of hydrogen-bond acceptors (Lipinski definition) is 1. The summed E-state index contributed by atoms with van der Waals surface area (Å²) in [4.78, 5) is 0. The summed E-state index contributed by atoms with van der Waals surface area (Å²) in [5, 5.41) is 9.84. The van der Waals surface area contributed by atoms with Crippen LogP contribution < -0.4 is 0 Å². The molecule has 1 heteroatoms. The maximum absolute atomic E-state index is 9.84. The molecule has 0 spiro atoms. The minimum atomic E-state index is -0.154. The van der Waals surface area contributed by atoms with Crippen LogP contribution in [0.5, 0.6) is 0 Å². The minimum absolute atomic E-state index is 0.144. The van der Waals surface area contributed by atoms with Crippen molar-refractivity contribution in [1.82, 2.24) is 0 Å². The van der Waals surface area contributed by atoms with Gasteiger partial charge in [-0.05, 0) is 23.1 Å². The summed E-state index contributed by atoms with van der Waals surface area (Å²) in [5.41, 5.74) is 3.56. The second kappa shape index (κ2) is 7.42. The van der Waals surface area contributed by atoms with Crippen LogP contribution in [0.4, 0.5) is 0 Å². The highest BCUT2D eigenvalue weighted by Gasteiger charge is 2.24. The van der Waals surface area contributed by atoms with Gasteiger partial charge < -0.3 is 0 Å². The van der Waals surface area contributed by atoms with Crippen LogP contribution >= 0.6 is 0 Å². The normalized spacial score (nSPS) is 13.0. The second-order valence-corrected chi connectivity index (χ2v) is 5.72. The molecule has 0 radical (unpaired) electrons. The van der Waals surface area contributed by atoms with Crippen LogP contribution in [0, 0.1) is 11.3 Å². The highest BCUT2D eigenvalue weighted by molar-refractivity contribution is 5.35. The third-order valence-electron chi connectivity index (χ3n) is 4.23. The predicted molar refractivity (Wildman–Crippen MR) is 94.1 cm³/mol. The van der Waals surface area contributed by atoms with E-state index in [1.165, 1.54) is 11.1 Å². The molecule has 0 amide bonds. The first kappa shape index (κ1) is 15.1. The van der Waals surface area contributed by atoms with E-state index in [0.717, 1.165) is 12.0 Å². The van der Waals surface area contributed by atoms with Crippen LogP contribution in [0.1, 0.15) is 28.5 Å². The van der Waals surface area contributed by atoms with Crippen molar-refractivity contribution in [2.45, 2.75) is 18.3 Å². The maximum Gasteiger partial charge on any atom is 0.0784 e. The monoisotopic (exact) mass is 297 g/mol. The number of nitrogens with zero attached hydrogens (tertiary/aromatic N) is 1. The van der Waals surface area contributed by atoms with Crippen molar-refractivity contribution in [3.05, 3.63) is 108 Å². The summed E-state index contributed by atoms with van der Waals surface area (Å²) in [6, 6.07) is 33.4. The van der Waals surface area contributed by atoms with E-state index in [4.69, 9.17) is 0 Å². The van der Waals surface area contributed by atoms with Gasteiger partial charge in [0.15, 0.2) is 0 Å². The van der Waals surface area contributed by atoms with E-state index >= 15 is 0 Å². The highest BCUT2D eigenvalue weighted by atomic mass is 14.3. The Hall–Kier alpha value is -2.85. The molecule has 0 N–H and O–H groups in total. The lowest BCUT2D eigenvalue weighted by atomic mass is 9.79. The van der Waals surface area contributed by atoms with E-state index < -0.39 is 0 Å². The standard InChI is InChI=1S/C22H19N/c23-17-22(20-14-8-3-9-15-20)21(19-12-6-2-7-13-19)16-18-10-4-1-5-11-18/h1-15,21-22H,16H2/t21-,22-/m0/s1. The van der Waals surface area contributed by atoms with Crippen molar-refractivity contribution in [1.29, 1.82) is 5.26 Å². The molecule has 0 aromatic heterocycles. The lowest BCUT2D eigenvalue weighted by molar-refractivity contribution is 0.623. The van der Waals surface area contributed by atoms with Gasteiger partial charge in [0, 0.05) is 5.92 Å². The number of rotatable bonds is 5. The average Bonchev–Trinajstić information content (AvgIpc) is 2.64. The Bertz CT molecular complexity index is 757. The summed E-state index contributed by atoms with van der Waals surface area (Å²) < 4.78 is 0. The zero-order valence-corrected chi connectivity index (χ0v) is 13.0. The first-order valence-corrected chi connectivity index (χ1v) is 7.92. The molecule has 0 fully saturated rings. The van der Waals surface area contributed by atoms with E-state index in [0.29, 0.717) is 0 Å². The molecule has 0 saturated heterocycles. The Morgan fingerprint density at radius 1 is 0.652 bits per heavy atom. The quantitative estimate of drug-likeness (QED) is 0.625. The lowest BCUT2D eigenvalue weighted by Crippen LogP contribution is -2.13. The Balaban J connectivity index is 1.99. The van der Waals surface area contributed by atoms with E-state index in [-0.39, 0.29) is 11.8 Å². The Kier molecular flexibility index (Phi) is 4.86. The molecule has 0 aliphatic heterocycles. The average molecular weight is 297 g/mol. The lowest BCUT2D eigenvalue weighted by Gasteiger charge is -2.23. The van der Waals surface area contributed by atoms with Crippen LogP contribution in [0.2, 0.25) is 0 Å². The van der Waals surface area contributed by atoms with E-state index in [9.17, 15) is 5.26 Å². The van der Waals surface area contributed by atoms with Crippen molar-refractivity contribution in [3.8, 4) is 6.07 Å². The van der Waals surface area contributed by atoms with Gasteiger partial charge in [-0.3, -0.25) is 0 Å². The topological polar surface area (TPSA) is 23.8 Å². The van der Waals surface area contributed by atoms with Crippen molar-refractivity contribution in [3.63, 3.8) is 0 Å². The minimum Gasteiger partial charge on any atom is -0.198 e. The molecule has 0 saturated carbocycles. The van der Waals surface area contributed by atoms with Gasteiger partial charge in [0.05, 0.1) is 12.0 Å². The van der Waals surface area contributed by atoms with E-state index in [2.05, 4.69) is 54.6 Å². The molecule has 3 aromatic rings. The smallest absolute Gasteiger partial charge is 0.0784 e. The molecule has 23 heavy (non-hydrogen) atoms. The van der Waals surface area contributed by atoms with Crippen molar-refractivity contribution in [2.24, 2.45) is 0 Å². The largest absolute Gasteiger partial charge is 0.198 e. The first-order chi connectivity index (χ1) is 11.4. The summed E-state index contributed by atoms with van der Waals surface area (Å²) >= 11 is 0. The third kappa shape index (κ3) is 3.67. The molecule has 0 aliphatic carbocycles. The zero-order valence-electron chi connectivity index (χ0n) is 13.0. The molecule has 3 rings (SSSR count). The molecule has 2 atom stereocenters. The molecule has 0 bridgehead atoms. The predicted octanol–water partition coefficient (Wildman–Crippen LogP) is 5.32. The summed E-state index contributed by atoms with van der Waals surface area (Å²) in [7, 11) is 0. The van der Waals surface area contributed by atoms with E-state index in [1.54, 1.807) is 0 Å². The van der Waals surface area contributed by atoms with E-state index in [1.807, 2.05) is 42.5 Å². The Labute approximate surface area is 137 Å². The van der Waals surface area contributed by atoms with Crippen LogP contribution in [-0.4, -0.2) is 0 Å². The molecule has 0 aliphatic rings. The van der Waals surface area contributed by atoms with Gasteiger partial charge in [0.2, 0.25) is 0 Å². The summed E-state index contributed by atoms with van der Waals surface area (Å²) in [6.07, 6.45) is 0.859. The van der Waals surface area contributed by atoms with Gasteiger partial charge >= 0.3 is 0 Å². The van der Waals surface area contributed by atoms with Gasteiger partial charge in [0.1, 0.15) is 0 Å². The number of hydrogen-bond donors (Lipinski definition) is 0. The molecule has 3 aromatic carbocycles. The van der Waals surface area contributed by atoms with Gasteiger partial charge in [0.25, 0.3) is 0 Å². The highest BCUT2D eigenvalue weighted by Crippen LogP contribution is 2.35. The molecule has 1 nitrogen and oxygen atoms in total. The SMILES string of the molecule is N#C[C@@H](c1ccccc1)[C@@H](Cc1ccccc1)c1ccccc1. The third-order valence-corrected chi connectivity index (χ3v) is 4.23. The van der Waals surface area contributed by atoms with Crippen molar-refractivity contribution < 1.29 is 0 Å². The molecule has 0 heterocycles. The molecule has 0 unspecified atom stereocenters. The van der Waals surface area contributed by atoms with Gasteiger partial charge in [-0.15, -0.1) is 0 Å². The van der Waals surface area contributed by atoms with Crippen LogP contribution in [-0.2, 0) is 6.42 Å². The van der Waals surface area contributed by atoms with Crippen LogP contribution in [0.15, 0.2) is 91.0 Å². The molecular weight excluding hydrogens is 278 g/mol. The Morgan fingerprint density at radius 2 is 1.13 bits per heavy atom. The summed E-state index contributed by atoms with van der Waals surface area (Å²) in [5.74, 6) is -0.00944. The zero-order chi connectivity index (χ0) is 15.9. The van der Waals surface area contributed by atoms with Crippen molar-refractivity contribution in [2.75, 3.05) is 0 Å². The van der Waals surface area contributed by atoms with Crippen molar-refractivity contribution >= 4 is 0 Å². The number of nitriles is 1. The molecular formula is C22H19N. The fourth-order valence-electron chi connectivity index (χ4n) is 3.05. The van der Waals surface area contributed by atoms with Gasteiger partial charge in [-0.2, -0.15) is 5.26 Å². The fraction of sp³-hybridized carbons (Fsp3) is 0.136. The van der Waals surface area contributed by atoms with Gasteiger partial charge in [-0.25, -0.2) is 0 Å². The molecule has 112 valence electrons. The summed E-state index contributed by atoms with van der Waals surface area (Å²) in [6.45, 7) is 0. The fourth-order valence-corrected chi connectivity index (χ4v) is 3.05.